The maximum absolute atomic E-state index is 13.1. The van der Waals surface area contributed by atoms with Crippen LogP contribution in [0.15, 0.2) is 46.9 Å². The predicted octanol–water partition coefficient (Wildman–Crippen LogP) is 3.44. The monoisotopic (exact) mass is 399 g/mol. The van der Waals surface area contributed by atoms with Gasteiger partial charge in [0, 0.05) is 23.0 Å². The van der Waals surface area contributed by atoms with Crippen LogP contribution in [0.3, 0.4) is 0 Å². The van der Waals surface area contributed by atoms with E-state index < -0.39 is 0 Å². The van der Waals surface area contributed by atoms with Crippen molar-refractivity contribution in [1.29, 1.82) is 0 Å². The number of aryl methyl sites for hydroxylation is 2. The smallest absolute Gasteiger partial charge is 0.240 e. The van der Waals surface area contributed by atoms with Crippen molar-refractivity contribution >= 4 is 34.7 Å². The molecule has 6 nitrogen and oxygen atoms in total. The van der Waals surface area contributed by atoms with Crippen LogP contribution in [0.2, 0.25) is 0 Å². The molecule has 1 aliphatic rings. The number of hydrogen-bond acceptors (Lipinski definition) is 6. The molecule has 27 heavy (non-hydrogen) atoms. The number of thiophene rings is 1. The van der Waals surface area contributed by atoms with Gasteiger partial charge in [-0.1, -0.05) is 36.0 Å². The Morgan fingerprint density at radius 2 is 2.19 bits per heavy atom. The number of tetrazole rings is 1. The first kappa shape index (κ1) is 18.2. The lowest BCUT2D eigenvalue weighted by Gasteiger charge is -2.25. The van der Waals surface area contributed by atoms with E-state index in [0.717, 1.165) is 18.5 Å². The number of thioether (sulfide) groups is 1. The summed E-state index contributed by atoms with van der Waals surface area (Å²) in [6, 6.07) is 12.5. The number of rotatable bonds is 6. The maximum atomic E-state index is 13.1. The summed E-state index contributed by atoms with van der Waals surface area (Å²) in [6.07, 6.45) is 1.78. The second-order valence-corrected chi connectivity index (χ2v) is 9.00. The molecule has 3 aromatic rings. The number of amides is 1. The summed E-state index contributed by atoms with van der Waals surface area (Å²) in [6.45, 7) is 4.74. The average Bonchev–Trinajstić information content (AvgIpc) is 3.38. The largest absolute Gasteiger partial charge is 0.308 e. The number of carbonyl (C=O) groups is 1. The molecule has 0 bridgehead atoms. The molecule has 0 saturated heterocycles. The minimum Gasteiger partial charge on any atom is -0.308 e. The number of anilines is 1. The van der Waals surface area contributed by atoms with Gasteiger partial charge >= 0.3 is 0 Å². The zero-order valence-corrected chi connectivity index (χ0v) is 16.9. The van der Waals surface area contributed by atoms with Gasteiger partial charge in [-0.25, -0.2) is 4.68 Å². The Morgan fingerprint density at radius 1 is 1.33 bits per heavy atom. The Labute approximate surface area is 166 Å². The van der Waals surface area contributed by atoms with Crippen LogP contribution in [0, 0.1) is 0 Å². The summed E-state index contributed by atoms with van der Waals surface area (Å²) < 4.78 is 1.79. The van der Waals surface area contributed by atoms with Crippen molar-refractivity contribution in [2.24, 2.45) is 0 Å². The molecule has 1 amide bonds. The summed E-state index contributed by atoms with van der Waals surface area (Å²) in [4.78, 5) is 16.4. The van der Waals surface area contributed by atoms with Gasteiger partial charge in [0.05, 0.1) is 11.8 Å². The first-order valence-electron chi connectivity index (χ1n) is 8.99. The van der Waals surface area contributed by atoms with E-state index in [0.29, 0.717) is 11.7 Å². The zero-order valence-electron chi connectivity index (χ0n) is 15.3. The molecule has 4 rings (SSSR count). The lowest BCUT2D eigenvalue weighted by molar-refractivity contribution is -0.118. The highest BCUT2D eigenvalue weighted by molar-refractivity contribution is 8.00. The highest BCUT2D eigenvalue weighted by Gasteiger charge is 2.33. The summed E-state index contributed by atoms with van der Waals surface area (Å²) in [5.74, 6) is 0.102. The number of para-hydroxylation sites is 1. The first-order chi connectivity index (χ1) is 13.1. The Morgan fingerprint density at radius 3 is 3.00 bits per heavy atom. The molecule has 0 fully saturated rings. The van der Waals surface area contributed by atoms with Crippen molar-refractivity contribution in [3.63, 3.8) is 0 Å². The summed E-state index contributed by atoms with van der Waals surface area (Å²) in [5, 5.41) is 14.5. The molecule has 1 aromatic carbocycles. The van der Waals surface area contributed by atoms with Crippen LogP contribution in [0.25, 0.3) is 0 Å². The van der Waals surface area contributed by atoms with Gasteiger partial charge < -0.3 is 4.90 Å². The maximum Gasteiger partial charge on any atom is 0.240 e. The Bertz CT molecular complexity index is 924. The predicted molar refractivity (Wildman–Crippen MR) is 108 cm³/mol. The number of benzene rings is 1. The van der Waals surface area contributed by atoms with Crippen molar-refractivity contribution in [2.75, 3.05) is 4.90 Å². The molecule has 0 N–H and O–H groups in total. The Hall–Kier alpha value is -2.19. The SMILES string of the molecule is C[C@H](Sc1nnnn1CCc1cccs1)C(=O)N1c2ccccc2C[C@@H]1C. The first-order valence-corrected chi connectivity index (χ1v) is 10.8. The molecule has 0 unspecified atom stereocenters. The van der Waals surface area contributed by atoms with E-state index in [1.54, 1.807) is 16.0 Å². The molecule has 3 heterocycles. The second kappa shape index (κ2) is 7.82. The molecule has 8 heteroatoms. The number of hydrogen-bond donors (Lipinski definition) is 0. The van der Waals surface area contributed by atoms with E-state index in [4.69, 9.17) is 0 Å². The molecule has 2 aromatic heterocycles. The molecule has 0 spiro atoms. The molecule has 140 valence electrons. The minimum atomic E-state index is -0.259. The molecule has 0 aliphatic carbocycles. The summed E-state index contributed by atoms with van der Waals surface area (Å²) in [5.41, 5.74) is 2.26. The van der Waals surface area contributed by atoms with Crippen LogP contribution in [0.1, 0.15) is 24.3 Å². The van der Waals surface area contributed by atoms with Crippen molar-refractivity contribution < 1.29 is 4.79 Å². The van der Waals surface area contributed by atoms with Crippen LogP contribution >= 0.6 is 23.1 Å². The fourth-order valence-corrected chi connectivity index (χ4v) is 4.96. The fourth-order valence-electron chi connectivity index (χ4n) is 3.40. The van der Waals surface area contributed by atoms with E-state index in [1.807, 2.05) is 36.1 Å². The highest BCUT2D eigenvalue weighted by atomic mass is 32.2. The van der Waals surface area contributed by atoms with Crippen LogP contribution in [0.4, 0.5) is 5.69 Å². The van der Waals surface area contributed by atoms with Crippen LogP contribution < -0.4 is 4.90 Å². The number of carbonyl (C=O) groups excluding carboxylic acids is 1. The van der Waals surface area contributed by atoms with E-state index >= 15 is 0 Å². The van der Waals surface area contributed by atoms with E-state index in [2.05, 4.69) is 40.0 Å². The van der Waals surface area contributed by atoms with E-state index in [9.17, 15) is 4.79 Å². The third-order valence-electron chi connectivity index (χ3n) is 4.72. The lowest BCUT2D eigenvalue weighted by Crippen LogP contribution is -2.40. The Kier molecular flexibility index (Phi) is 5.27. The standard InChI is InChI=1S/C19H21N5OS2/c1-13-12-15-6-3-4-8-17(15)24(13)18(25)14(2)27-19-20-21-22-23(19)10-9-16-7-5-11-26-16/h3-8,11,13-14H,9-10,12H2,1-2H3/t13-,14-/m0/s1. The Balaban J connectivity index is 1.44. The molecule has 2 atom stereocenters. The van der Waals surface area contributed by atoms with Crippen molar-refractivity contribution in [2.45, 2.75) is 49.7 Å². The van der Waals surface area contributed by atoms with Crippen molar-refractivity contribution in [3.05, 3.63) is 52.2 Å². The van der Waals surface area contributed by atoms with Gasteiger partial charge in [-0.05, 0) is 53.8 Å². The van der Waals surface area contributed by atoms with Gasteiger partial charge in [0.25, 0.3) is 0 Å². The number of fused-ring (bicyclic) bond motifs is 1. The van der Waals surface area contributed by atoms with Crippen LogP contribution in [0.5, 0.6) is 0 Å². The second-order valence-electron chi connectivity index (χ2n) is 6.66. The van der Waals surface area contributed by atoms with Gasteiger partial charge in [-0.3, -0.25) is 4.79 Å². The third-order valence-corrected chi connectivity index (χ3v) is 6.72. The van der Waals surface area contributed by atoms with Gasteiger partial charge in [-0.15, -0.1) is 16.4 Å². The van der Waals surface area contributed by atoms with Crippen molar-refractivity contribution in [3.8, 4) is 0 Å². The van der Waals surface area contributed by atoms with E-state index in [1.165, 1.54) is 22.2 Å². The average molecular weight is 400 g/mol. The molecule has 0 saturated carbocycles. The minimum absolute atomic E-state index is 0.102. The van der Waals surface area contributed by atoms with Crippen molar-refractivity contribution in [1.82, 2.24) is 20.2 Å². The topological polar surface area (TPSA) is 63.9 Å². The van der Waals surface area contributed by atoms with Crippen LogP contribution in [-0.2, 0) is 24.2 Å². The number of aromatic nitrogens is 4. The molecular formula is C19H21N5OS2. The quantitative estimate of drug-likeness (QED) is 0.594. The molecule has 1 aliphatic heterocycles. The highest BCUT2D eigenvalue weighted by Crippen LogP contribution is 2.34. The van der Waals surface area contributed by atoms with E-state index in [-0.39, 0.29) is 17.2 Å². The summed E-state index contributed by atoms with van der Waals surface area (Å²) >= 11 is 3.16. The normalized spacial score (nSPS) is 17.1. The lowest BCUT2D eigenvalue weighted by atomic mass is 10.1. The van der Waals surface area contributed by atoms with Crippen LogP contribution in [-0.4, -0.2) is 37.4 Å². The zero-order chi connectivity index (χ0) is 18.8. The fraction of sp³-hybridized carbons (Fsp3) is 0.368. The molecular weight excluding hydrogens is 378 g/mol. The van der Waals surface area contributed by atoms with Gasteiger partial charge in [-0.2, -0.15) is 0 Å². The van der Waals surface area contributed by atoms with Gasteiger partial charge in [0.2, 0.25) is 11.1 Å². The van der Waals surface area contributed by atoms with Gasteiger partial charge in [0.15, 0.2) is 0 Å². The number of nitrogens with zero attached hydrogens (tertiary/aromatic N) is 5. The van der Waals surface area contributed by atoms with Gasteiger partial charge in [0.1, 0.15) is 0 Å². The third kappa shape index (κ3) is 3.77. The summed E-state index contributed by atoms with van der Waals surface area (Å²) in [7, 11) is 0. The molecule has 0 radical (unpaired) electrons.